The van der Waals surface area contributed by atoms with Crippen LogP contribution in [0.25, 0.3) is 0 Å². The Morgan fingerprint density at radius 3 is 2.92 bits per heavy atom. The van der Waals surface area contributed by atoms with Crippen molar-refractivity contribution in [2.75, 3.05) is 0 Å². The summed E-state index contributed by atoms with van der Waals surface area (Å²) in [4.78, 5) is 15.0. The minimum absolute atomic E-state index is 0.0991. The van der Waals surface area contributed by atoms with Gasteiger partial charge in [-0.25, -0.2) is 4.98 Å². The number of amides is 1. The Morgan fingerprint density at radius 1 is 1.83 bits per heavy atom. The number of hydrogen-bond acceptors (Lipinski definition) is 4. The maximum Gasteiger partial charge on any atom is 0.219 e. The first-order chi connectivity index (χ1) is 5.61. The molecule has 0 saturated carbocycles. The van der Waals surface area contributed by atoms with Crippen LogP contribution in [0, 0.1) is 0 Å². The van der Waals surface area contributed by atoms with E-state index in [0.717, 1.165) is 0 Å². The fourth-order valence-corrected chi connectivity index (χ4v) is 1.85. The van der Waals surface area contributed by atoms with Crippen LogP contribution in [0.15, 0.2) is 5.51 Å². The molecule has 0 aliphatic carbocycles. The summed E-state index contributed by atoms with van der Waals surface area (Å²) in [7, 11) is 0. The lowest BCUT2D eigenvalue weighted by Gasteiger charge is -2.05. The zero-order valence-electron chi connectivity index (χ0n) is 6.16. The molecule has 1 heterocycles. The van der Waals surface area contributed by atoms with Gasteiger partial charge in [-0.15, -0.1) is 11.3 Å². The summed E-state index contributed by atoms with van der Waals surface area (Å²) in [6.45, 7) is 0. The third-order valence-corrected chi connectivity index (χ3v) is 2.68. The lowest BCUT2D eigenvalue weighted by molar-refractivity contribution is -0.118. The van der Waals surface area contributed by atoms with E-state index < -0.39 is 11.9 Å². The molecule has 1 rings (SSSR count). The summed E-state index contributed by atoms with van der Waals surface area (Å²) < 4.78 is 0. The fourth-order valence-electron chi connectivity index (χ4n) is 0.791. The van der Waals surface area contributed by atoms with E-state index >= 15 is 0 Å². The number of aromatic nitrogens is 1. The van der Waals surface area contributed by atoms with Gasteiger partial charge in [-0.2, -0.15) is 0 Å². The minimum Gasteiger partial charge on any atom is -0.370 e. The molecule has 6 heteroatoms. The molecule has 0 fully saturated rings. The number of halogens is 1. The molecule has 0 aliphatic rings. The number of nitrogens with two attached hydrogens (primary N) is 2. The zero-order chi connectivity index (χ0) is 9.14. The minimum atomic E-state index is -0.438. The van der Waals surface area contributed by atoms with Crippen LogP contribution in [0.4, 0.5) is 0 Å². The van der Waals surface area contributed by atoms with Crippen molar-refractivity contribution in [1.82, 2.24) is 4.98 Å². The van der Waals surface area contributed by atoms with Gasteiger partial charge in [0.15, 0.2) is 0 Å². The molecular weight excluding hydrogens is 198 g/mol. The summed E-state index contributed by atoms with van der Waals surface area (Å²) in [6.07, 6.45) is 0.0991. The van der Waals surface area contributed by atoms with Gasteiger partial charge in [0, 0.05) is 6.42 Å². The van der Waals surface area contributed by atoms with Crippen LogP contribution in [-0.4, -0.2) is 10.9 Å². The van der Waals surface area contributed by atoms with Crippen molar-refractivity contribution < 1.29 is 4.79 Å². The first-order valence-corrected chi connectivity index (χ1v) is 4.49. The molecule has 1 aromatic rings. The van der Waals surface area contributed by atoms with Gasteiger partial charge in [0.2, 0.25) is 5.91 Å². The maximum absolute atomic E-state index is 10.5. The number of primary amides is 1. The molecule has 1 atom stereocenters. The van der Waals surface area contributed by atoms with Gasteiger partial charge >= 0.3 is 0 Å². The van der Waals surface area contributed by atoms with E-state index in [0.29, 0.717) is 10.0 Å². The molecule has 0 bridgehead atoms. The number of nitrogens with zero attached hydrogens (tertiary/aromatic N) is 1. The van der Waals surface area contributed by atoms with Gasteiger partial charge in [-0.1, -0.05) is 11.6 Å². The average Bonchev–Trinajstić information content (AvgIpc) is 2.33. The SMILES string of the molecule is NC(=O)C[C@H](N)c1scnc1Cl. The van der Waals surface area contributed by atoms with E-state index in [2.05, 4.69) is 4.98 Å². The van der Waals surface area contributed by atoms with Crippen molar-refractivity contribution in [1.29, 1.82) is 0 Å². The van der Waals surface area contributed by atoms with Crippen molar-refractivity contribution in [3.05, 3.63) is 15.5 Å². The van der Waals surface area contributed by atoms with Gasteiger partial charge in [0.05, 0.1) is 16.4 Å². The molecule has 66 valence electrons. The second kappa shape index (κ2) is 3.84. The molecule has 0 saturated heterocycles. The third-order valence-electron chi connectivity index (χ3n) is 1.31. The maximum atomic E-state index is 10.5. The van der Waals surface area contributed by atoms with E-state index in [1.54, 1.807) is 5.51 Å². The van der Waals surface area contributed by atoms with E-state index in [9.17, 15) is 4.79 Å². The monoisotopic (exact) mass is 205 g/mol. The van der Waals surface area contributed by atoms with Crippen LogP contribution in [0.2, 0.25) is 5.15 Å². The number of carbonyl (C=O) groups is 1. The van der Waals surface area contributed by atoms with Gasteiger partial charge in [-0.3, -0.25) is 4.79 Å². The molecule has 0 aliphatic heterocycles. The second-order valence-corrected chi connectivity index (χ2v) is 3.53. The molecule has 1 aromatic heterocycles. The molecule has 0 aromatic carbocycles. The molecule has 12 heavy (non-hydrogen) atoms. The highest BCUT2D eigenvalue weighted by Gasteiger charge is 2.14. The quantitative estimate of drug-likeness (QED) is 0.761. The van der Waals surface area contributed by atoms with Gasteiger partial charge in [0.25, 0.3) is 0 Å². The number of rotatable bonds is 3. The summed E-state index contributed by atoms with van der Waals surface area (Å²) in [5.41, 5.74) is 12.2. The first kappa shape index (κ1) is 9.44. The standard InChI is InChI=1S/C6H8ClN3OS/c7-6-5(12-2-10-6)3(8)1-4(9)11/h2-3H,1,8H2,(H2,9,11)/t3-/m0/s1. The van der Waals surface area contributed by atoms with Crippen molar-refractivity contribution in [2.45, 2.75) is 12.5 Å². The summed E-state index contributed by atoms with van der Waals surface area (Å²) in [5, 5.41) is 0.355. The molecule has 4 N–H and O–H groups in total. The average molecular weight is 206 g/mol. The Hall–Kier alpha value is -0.650. The van der Waals surface area contributed by atoms with Crippen molar-refractivity contribution in [3.63, 3.8) is 0 Å². The largest absolute Gasteiger partial charge is 0.370 e. The van der Waals surface area contributed by atoms with E-state index in [1.807, 2.05) is 0 Å². The summed E-state index contributed by atoms with van der Waals surface area (Å²) in [6, 6.07) is -0.428. The van der Waals surface area contributed by atoms with Crippen molar-refractivity contribution in [3.8, 4) is 0 Å². The number of hydrogen-bond donors (Lipinski definition) is 2. The second-order valence-electron chi connectivity index (χ2n) is 2.28. The van der Waals surface area contributed by atoms with Gasteiger partial charge in [0.1, 0.15) is 5.15 Å². The predicted molar refractivity (Wildman–Crippen MR) is 47.9 cm³/mol. The van der Waals surface area contributed by atoms with E-state index in [-0.39, 0.29) is 6.42 Å². The molecule has 1 amide bonds. The van der Waals surface area contributed by atoms with Crippen molar-refractivity contribution >= 4 is 28.8 Å². The van der Waals surface area contributed by atoms with Crippen molar-refractivity contribution in [2.24, 2.45) is 11.5 Å². The topological polar surface area (TPSA) is 82.0 Å². The van der Waals surface area contributed by atoms with E-state index in [4.69, 9.17) is 23.1 Å². The Bertz CT molecular complexity index is 288. The molecule has 0 spiro atoms. The zero-order valence-corrected chi connectivity index (χ0v) is 7.73. The van der Waals surface area contributed by atoms with Crippen LogP contribution < -0.4 is 11.5 Å². The highest BCUT2D eigenvalue weighted by atomic mass is 35.5. The first-order valence-electron chi connectivity index (χ1n) is 3.24. The van der Waals surface area contributed by atoms with Crippen LogP contribution in [0.3, 0.4) is 0 Å². The molecule has 4 nitrogen and oxygen atoms in total. The Labute approximate surface area is 78.5 Å². The van der Waals surface area contributed by atoms with E-state index in [1.165, 1.54) is 11.3 Å². The Kier molecular flexibility index (Phi) is 3.02. The fraction of sp³-hybridized carbons (Fsp3) is 0.333. The van der Waals surface area contributed by atoms with Crippen LogP contribution in [0.5, 0.6) is 0 Å². The Balaban J connectivity index is 2.71. The molecule has 0 unspecified atom stereocenters. The lowest BCUT2D eigenvalue weighted by Crippen LogP contribution is -2.20. The molecular formula is C6H8ClN3OS. The number of thiazole rings is 1. The van der Waals surface area contributed by atoms with Crippen LogP contribution in [0.1, 0.15) is 17.3 Å². The highest BCUT2D eigenvalue weighted by molar-refractivity contribution is 7.10. The van der Waals surface area contributed by atoms with Crippen LogP contribution in [-0.2, 0) is 4.79 Å². The van der Waals surface area contributed by atoms with Crippen LogP contribution >= 0.6 is 22.9 Å². The lowest BCUT2D eigenvalue weighted by atomic mass is 10.2. The highest BCUT2D eigenvalue weighted by Crippen LogP contribution is 2.25. The normalized spacial score (nSPS) is 12.8. The Morgan fingerprint density at radius 2 is 2.50 bits per heavy atom. The summed E-state index contributed by atoms with van der Waals surface area (Å²) >= 11 is 7.01. The smallest absolute Gasteiger partial charge is 0.219 e. The summed E-state index contributed by atoms with van der Waals surface area (Å²) in [5.74, 6) is -0.438. The van der Waals surface area contributed by atoms with Gasteiger partial charge in [-0.05, 0) is 0 Å². The predicted octanol–water partition coefficient (Wildman–Crippen LogP) is 0.672. The molecule has 0 radical (unpaired) electrons. The van der Waals surface area contributed by atoms with Gasteiger partial charge < -0.3 is 11.5 Å². The number of carbonyl (C=O) groups excluding carboxylic acids is 1. The third kappa shape index (κ3) is 2.17.